The fraction of sp³-hybridized carbons (Fsp3) is 0.483. The van der Waals surface area contributed by atoms with Crippen molar-refractivity contribution in [3.8, 4) is 11.5 Å². The third-order valence-corrected chi connectivity index (χ3v) is 6.91. The Balaban J connectivity index is 1.56. The van der Waals surface area contributed by atoms with Gasteiger partial charge in [-0.3, -0.25) is 9.69 Å². The van der Waals surface area contributed by atoms with E-state index in [-0.39, 0.29) is 30.6 Å². The summed E-state index contributed by atoms with van der Waals surface area (Å²) in [4.78, 5) is 30.7. The highest BCUT2D eigenvalue weighted by atomic mass is 16.5. The van der Waals surface area contributed by atoms with Crippen molar-refractivity contribution in [1.29, 1.82) is 0 Å². The highest BCUT2D eigenvalue weighted by Crippen LogP contribution is 2.34. The molecule has 0 saturated carbocycles. The molecule has 0 spiro atoms. The number of morpholine rings is 1. The van der Waals surface area contributed by atoms with Crippen LogP contribution in [0.4, 0.5) is 4.79 Å². The molecule has 0 radical (unpaired) electrons. The van der Waals surface area contributed by atoms with Crippen molar-refractivity contribution in [3.05, 3.63) is 59.7 Å². The minimum Gasteiger partial charge on any atom is -0.497 e. The van der Waals surface area contributed by atoms with Gasteiger partial charge in [0, 0.05) is 38.6 Å². The second kappa shape index (κ2) is 13.4. The molecule has 0 aromatic heterocycles. The Morgan fingerprint density at radius 2 is 1.64 bits per heavy atom. The molecule has 0 bridgehead atoms. The Kier molecular flexibility index (Phi) is 9.78. The van der Waals surface area contributed by atoms with Crippen LogP contribution in [0.15, 0.2) is 53.6 Å². The van der Waals surface area contributed by atoms with Crippen molar-refractivity contribution < 1.29 is 23.8 Å². The van der Waals surface area contributed by atoms with Crippen LogP contribution >= 0.6 is 0 Å². The quantitative estimate of drug-likeness (QED) is 0.500. The fourth-order valence-corrected chi connectivity index (χ4v) is 4.70. The number of ether oxygens (including phenoxy) is 3. The Morgan fingerprint density at radius 1 is 1.03 bits per heavy atom. The van der Waals surface area contributed by atoms with E-state index in [4.69, 9.17) is 19.3 Å². The van der Waals surface area contributed by atoms with Gasteiger partial charge in [-0.2, -0.15) is 5.10 Å². The van der Waals surface area contributed by atoms with E-state index in [9.17, 15) is 9.59 Å². The monoisotopic (exact) mass is 537 g/mol. The molecule has 39 heavy (non-hydrogen) atoms. The summed E-state index contributed by atoms with van der Waals surface area (Å²) >= 11 is 0. The van der Waals surface area contributed by atoms with E-state index >= 15 is 0 Å². The lowest BCUT2D eigenvalue weighted by molar-refractivity contribution is -0.133. The molecule has 1 saturated heterocycles. The third kappa shape index (κ3) is 7.48. The highest BCUT2D eigenvalue weighted by Gasteiger charge is 2.34. The summed E-state index contributed by atoms with van der Waals surface area (Å²) in [5, 5.41) is 9.25. The SMILES string of the molecule is COc1ccc(C2=NN(C(=O)CN(CCN3CCOCC3)C(=O)NC(C)C)[C@H](c3ccc(OC)cc3)C2)cc1. The van der Waals surface area contributed by atoms with Gasteiger partial charge in [-0.25, -0.2) is 9.80 Å². The van der Waals surface area contributed by atoms with Gasteiger partial charge in [0.1, 0.15) is 18.0 Å². The number of benzene rings is 2. The first-order chi connectivity index (χ1) is 18.9. The van der Waals surface area contributed by atoms with Crippen LogP contribution in [0.5, 0.6) is 11.5 Å². The Hall–Kier alpha value is -3.63. The van der Waals surface area contributed by atoms with E-state index in [1.54, 1.807) is 19.1 Å². The first-order valence-electron chi connectivity index (χ1n) is 13.4. The zero-order valence-corrected chi connectivity index (χ0v) is 23.3. The van der Waals surface area contributed by atoms with Gasteiger partial charge in [-0.15, -0.1) is 0 Å². The second-order valence-electron chi connectivity index (χ2n) is 9.99. The lowest BCUT2D eigenvalue weighted by atomic mass is 9.98. The van der Waals surface area contributed by atoms with Crippen molar-refractivity contribution in [2.45, 2.75) is 32.4 Å². The van der Waals surface area contributed by atoms with Gasteiger partial charge in [-0.1, -0.05) is 12.1 Å². The summed E-state index contributed by atoms with van der Waals surface area (Å²) in [5.74, 6) is 1.26. The molecule has 2 aromatic rings. The largest absolute Gasteiger partial charge is 0.497 e. The topological polar surface area (TPSA) is 95.9 Å². The average Bonchev–Trinajstić information content (AvgIpc) is 3.41. The molecule has 10 nitrogen and oxygen atoms in total. The molecule has 1 N–H and O–H groups in total. The van der Waals surface area contributed by atoms with Gasteiger partial charge < -0.3 is 24.4 Å². The van der Waals surface area contributed by atoms with Gasteiger partial charge in [0.05, 0.1) is 39.2 Å². The standard InChI is InChI=1S/C29H39N5O5/c1-21(2)30-29(36)33(14-13-32-15-17-39-18-16-32)20-28(35)34-27(23-7-11-25(38-4)12-8-23)19-26(31-34)22-5-9-24(37-3)10-6-22/h5-12,21,27H,13-20H2,1-4H3,(H,30,36)/t27-/m0/s1. The predicted octanol–water partition coefficient (Wildman–Crippen LogP) is 3.13. The first-order valence-corrected chi connectivity index (χ1v) is 13.4. The molecule has 0 unspecified atom stereocenters. The molecule has 2 aromatic carbocycles. The summed E-state index contributed by atoms with van der Waals surface area (Å²) in [6, 6.07) is 14.7. The van der Waals surface area contributed by atoms with Crippen LogP contribution < -0.4 is 14.8 Å². The molecule has 3 amide bonds. The van der Waals surface area contributed by atoms with Crippen LogP contribution in [-0.4, -0.2) is 98.7 Å². The Bertz CT molecular complexity index is 1130. The highest BCUT2D eigenvalue weighted by molar-refractivity contribution is 6.03. The van der Waals surface area contributed by atoms with Crippen LogP contribution in [0.1, 0.15) is 37.4 Å². The van der Waals surface area contributed by atoms with Crippen LogP contribution in [0, 0.1) is 0 Å². The number of hydrazone groups is 1. The molecular formula is C29H39N5O5. The van der Waals surface area contributed by atoms with Crippen LogP contribution in [0.3, 0.4) is 0 Å². The lowest BCUT2D eigenvalue weighted by Gasteiger charge is -2.31. The van der Waals surface area contributed by atoms with E-state index in [2.05, 4.69) is 10.2 Å². The number of carbonyl (C=O) groups excluding carboxylic acids is 2. The smallest absolute Gasteiger partial charge is 0.318 e. The third-order valence-electron chi connectivity index (χ3n) is 6.91. The number of nitrogens with one attached hydrogen (secondary N) is 1. The molecule has 4 rings (SSSR count). The fourth-order valence-electron chi connectivity index (χ4n) is 4.70. The van der Waals surface area contributed by atoms with Crippen molar-refractivity contribution >= 4 is 17.6 Å². The van der Waals surface area contributed by atoms with Crippen molar-refractivity contribution in [2.75, 3.05) is 60.2 Å². The molecule has 10 heteroatoms. The first kappa shape index (κ1) is 28.4. The number of hydrogen-bond donors (Lipinski definition) is 1. The van der Waals surface area contributed by atoms with Gasteiger partial charge in [0.15, 0.2) is 0 Å². The van der Waals surface area contributed by atoms with Crippen molar-refractivity contribution in [2.24, 2.45) is 5.10 Å². The number of hydrogen-bond acceptors (Lipinski definition) is 7. The maximum atomic E-state index is 13.8. The van der Waals surface area contributed by atoms with E-state index in [1.807, 2.05) is 62.4 Å². The van der Waals surface area contributed by atoms with Crippen LogP contribution in [0.25, 0.3) is 0 Å². The number of urea groups is 1. The van der Waals surface area contributed by atoms with Gasteiger partial charge in [-0.05, 0) is 61.4 Å². The van der Waals surface area contributed by atoms with E-state index in [1.165, 1.54) is 5.01 Å². The molecule has 2 aliphatic heterocycles. The normalized spacial score (nSPS) is 17.6. The Labute approximate surface area is 230 Å². The van der Waals surface area contributed by atoms with Gasteiger partial charge in [0.2, 0.25) is 0 Å². The molecule has 1 fully saturated rings. The molecule has 2 aliphatic rings. The average molecular weight is 538 g/mol. The number of carbonyl (C=O) groups is 2. The van der Waals surface area contributed by atoms with Gasteiger partial charge in [0.25, 0.3) is 5.91 Å². The second-order valence-corrected chi connectivity index (χ2v) is 9.99. The summed E-state index contributed by atoms with van der Waals surface area (Å²) in [5.41, 5.74) is 2.67. The minimum atomic E-state index is -0.297. The molecule has 0 aliphatic carbocycles. The number of amides is 3. The lowest BCUT2D eigenvalue weighted by Crippen LogP contribution is -2.50. The van der Waals surface area contributed by atoms with Crippen molar-refractivity contribution in [1.82, 2.24) is 20.1 Å². The van der Waals surface area contributed by atoms with E-state index < -0.39 is 0 Å². The Morgan fingerprint density at radius 3 is 2.23 bits per heavy atom. The predicted molar refractivity (Wildman–Crippen MR) is 149 cm³/mol. The van der Waals surface area contributed by atoms with Crippen molar-refractivity contribution in [3.63, 3.8) is 0 Å². The number of rotatable bonds is 10. The van der Waals surface area contributed by atoms with Gasteiger partial charge >= 0.3 is 6.03 Å². The molecule has 1 atom stereocenters. The number of methoxy groups -OCH3 is 2. The number of nitrogens with zero attached hydrogens (tertiary/aromatic N) is 4. The minimum absolute atomic E-state index is 0.0444. The zero-order chi connectivity index (χ0) is 27.8. The summed E-state index contributed by atoms with van der Waals surface area (Å²) in [6.07, 6.45) is 0.552. The zero-order valence-electron chi connectivity index (χ0n) is 23.3. The molecule has 210 valence electrons. The van der Waals surface area contributed by atoms with E-state index in [0.29, 0.717) is 32.7 Å². The maximum absolute atomic E-state index is 13.8. The summed E-state index contributed by atoms with van der Waals surface area (Å²) in [6.45, 7) is 7.83. The van der Waals surface area contributed by atoms with Crippen LogP contribution in [-0.2, 0) is 9.53 Å². The summed E-state index contributed by atoms with van der Waals surface area (Å²) < 4.78 is 16.1. The maximum Gasteiger partial charge on any atom is 0.318 e. The van der Waals surface area contributed by atoms with Crippen LogP contribution in [0.2, 0.25) is 0 Å². The van der Waals surface area contributed by atoms with E-state index in [0.717, 1.165) is 41.4 Å². The molecular weight excluding hydrogens is 498 g/mol. The molecule has 2 heterocycles. The summed E-state index contributed by atoms with van der Waals surface area (Å²) in [7, 11) is 3.25.